The Kier molecular flexibility index (Phi) is 9.56. The highest BCUT2D eigenvalue weighted by molar-refractivity contribution is 6.04. The zero-order valence-electron chi connectivity index (χ0n) is 27.4. The number of fused-ring (bicyclic) bond motifs is 1. The number of carbonyl (C=O) groups excluding carboxylic acids is 4. The number of ether oxygens (including phenoxy) is 3. The van der Waals surface area contributed by atoms with Gasteiger partial charge in [-0.3, -0.25) is 14.4 Å². The van der Waals surface area contributed by atoms with Gasteiger partial charge in [-0.1, -0.05) is 0 Å². The van der Waals surface area contributed by atoms with E-state index in [1.165, 1.54) is 4.90 Å². The summed E-state index contributed by atoms with van der Waals surface area (Å²) < 4.78 is 16.9. The summed E-state index contributed by atoms with van der Waals surface area (Å²) in [6.45, 7) is 13.4. The van der Waals surface area contributed by atoms with Gasteiger partial charge < -0.3 is 40.0 Å². The molecule has 0 radical (unpaired) electrons. The van der Waals surface area contributed by atoms with Crippen molar-refractivity contribution in [3.8, 4) is 5.75 Å². The number of hydrogen-bond acceptors (Lipinski definition) is 8. The van der Waals surface area contributed by atoms with Gasteiger partial charge in [0.2, 0.25) is 11.8 Å². The Hall–Kier alpha value is -3.38. The fourth-order valence-corrected chi connectivity index (χ4v) is 5.71. The zero-order chi connectivity index (χ0) is 32.6. The van der Waals surface area contributed by atoms with Crippen LogP contribution in [0, 0.1) is 11.8 Å². The summed E-state index contributed by atoms with van der Waals surface area (Å²) in [4.78, 5) is 59.1. The first-order chi connectivity index (χ1) is 20.4. The van der Waals surface area contributed by atoms with Crippen LogP contribution in [0.5, 0.6) is 5.75 Å². The zero-order valence-corrected chi connectivity index (χ0v) is 27.4. The second-order valence-electron chi connectivity index (χ2n) is 14.2. The Morgan fingerprint density at radius 1 is 1.11 bits per heavy atom. The summed E-state index contributed by atoms with van der Waals surface area (Å²) in [5, 5.41) is 2.80. The molecule has 244 valence electrons. The first kappa shape index (κ1) is 33.5. The summed E-state index contributed by atoms with van der Waals surface area (Å²) in [5.41, 5.74) is 4.57. The van der Waals surface area contributed by atoms with Crippen LogP contribution in [0.1, 0.15) is 74.1 Å². The molecule has 12 heteroatoms. The summed E-state index contributed by atoms with van der Waals surface area (Å²) in [5.74, 6) is -1.41. The molecule has 12 nitrogen and oxygen atoms in total. The second-order valence-corrected chi connectivity index (χ2v) is 14.2. The van der Waals surface area contributed by atoms with E-state index in [0.717, 1.165) is 12.8 Å². The van der Waals surface area contributed by atoms with Gasteiger partial charge >= 0.3 is 6.09 Å². The first-order valence-corrected chi connectivity index (χ1v) is 15.5. The number of piperidine rings is 1. The minimum Gasteiger partial charge on any atom is -0.476 e. The maximum atomic E-state index is 14.4. The Balaban J connectivity index is 1.65. The van der Waals surface area contributed by atoms with Gasteiger partial charge in [0.25, 0.3) is 5.91 Å². The van der Waals surface area contributed by atoms with Crippen LogP contribution in [0.15, 0.2) is 18.2 Å². The molecule has 1 saturated carbocycles. The normalized spacial score (nSPS) is 21.7. The molecular weight excluding hydrogens is 566 g/mol. The number of amides is 4. The Bertz CT molecular complexity index is 1230. The molecule has 3 aliphatic rings. The molecule has 3 N–H and O–H groups in total. The Morgan fingerprint density at radius 2 is 1.77 bits per heavy atom. The molecule has 4 rings (SSSR count). The van der Waals surface area contributed by atoms with Crippen molar-refractivity contribution in [1.29, 1.82) is 0 Å². The van der Waals surface area contributed by atoms with Gasteiger partial charge in [-0.05, 0) is 92.3 Å². The van der Waals surface area contributed by atoms with E-state index in [1.807, 2.05) is 12.1 Å². The van der Waals surface area contributed by atoms with Crippen molar-refractivity contribution >= 4 is 35.2 Å². The molecule has 2 fully saturated rings. The van der Waals surface area contributed by atoms with E-state index < -0.39 is 34.8 Å². The van der Waals surface area contributed by atoms with Crippen LogP contribution in [0.4, 0.5) is 16.2 Å². The van der Waals surface area contributed by atoms with E-state index in [9.17, 15) is 19.2 Å². The molecule has 0 bridgehead atoms. The standard InChI is InChI=1S/C32H49N5O7/c1-30(2,3)44-29(41)35-18-20(26(38)34-32(6,7)33)16-21(19-35)27(39)37(22-10-11-22)23-12-13-25-24(17-23)36(14-9-15-42-8)28(40)31(4,5)43-25/h12-13,17,20-22H,9-11,14-16,18-19,33H2,1-8H3,(H,34,38)/t20-,21+/m0/s1. The fraction of sp³-hybridized carbons (Fsp3) is 0.688. The smallest absolute Gasteiger partial charge is 0.410 e. The van der Waals surface area contributed by atoms with Crippen LogP contribution in [0.3, 0.4) is 0 Å². The lowest BCUT2D eigenvalue weighted by atomic mass is 9.87. The quantitative estimate of drug-likeness (QED) is 0.318. The number of hydrogen-bond donors (Lipinski definition) is 2. The number of nitrogens with two attached hydrogens (primary N) is 1. The van der Waals surface area contributed by atoms with Crippen LogP contribution in [0.2, 0.25) is 0 Å². The average Bonchev–Trinajstić information content (AvgIpc) is 3.74. The van der Waals surface area contributed by atoms with Gasteiger partial charge in [-0.2, -0.15) is 0 Å². The maximum Gasteiger partial charge on any atom is 0.410 e. The average molecular weight is 616 g/mol. The van der Waals surface area contributed by atoms with Crippen LogP contribution < -0.4 is 25.6 Å². The predicted octanol–water partition coefficient (Wildman–Crippen LogP) is 3.41. The lowest BCUT2D eigenvalue weighted by Gasteiger charge is -2.41. The molecule has 1 saturated heterocycles. The van der Waals surface area contributed by atoms with Crippen LogP contribution in [-0.2, 0) is 23.9 Å². The number of anilines is 2. The van der Waals surface area contributed by atoms with Gasteiger partial charge in [0.05, 0.1) is 23.2 Å². The largest absolute Gasteiger partial charge is 0.476 e. The lowest BCUT2D eigenvalue weighted by Crippen LogP contribution is -2.57. The van der Waals surface area contributed by atoms with Crippen molar-refractivity contribution < 1.29 is 33.4 Å². The number of likely N-dealkylation sites (tertiary alicyclic amines) is 1. The van der Waals surface area contributed by atoms with Crippen LogP contribution in [-0.4, -0.2) is 85.0 Å². The molecule has 1 aliphatic carbocycles. The monoisotopic (exact) mass is 615 g/mol. The molecule has 0 spiro atoms. The number of benzene rings is 1. The van der Waals surface area contributed by atoms with Crippen LogP contribution >= 0.6 is 0 Å². The minimum atomic E-state index is -1.03. The Morgan fingerprint density at radius 3 is 2.36 bits per heavy atom. The number of carbonyl (C=O) groups is 4. The van der Waals surface area contributed by atoms with E-state index in [1.54, 1.807) is 71.4 Å². The predicted molar refractivity (Wildman–Crippen MR) is 166 cm³/mol. The van der Waals surface area contributed by atoms with Crippen molar-refractivity contribution in [3.05, 3.63) is 18.2 Å². The maximum absolute atomic E-state index is 14.4. The molecule has 0 aromatic heterocycles. The minimum absolute atomic E-state index is 0.0219. The molecule has 4 amide bonds. The Labute approximate surface area is 260 Å². The second kappa shape index (κ2) is 12.5. The van der Waals surface area contributed by atoms with Crippen molar-refractivity contribution in [1.82, 2.24) is 10.2 Å². The molecule has 2 heterocycles. The summed E-state index contributed by atoms with van der Waals surface area (Å²) in [6, 6.07) is 5.45. The highest BCUT2D eigenvalue weighted by Gasteiger charge is 2.45. The van der Waals surface area contributed by atoms with Crippen molar-refractivity contribution in [2.24, 2.45) is 17.6 Å². The van der Waals surface area contributed by atoms with Gasteiger partial charge in [0, 0.05) is 45.1 Å². The van der Waals surface area contributed by atoms with E-state index in [4.69, 9.17) is 19.9 Å². The summed E-state index contributed by atoms with van der Waals surface area (Å²) in [7, 11) is 1.62. The molecule has 1 aromatic carbocycles. The third-order valence-electron chi connectivity index (χ3n) is 7.78. The van der Waals surface area contributed by atoms with Gasteiger partial charge in [-0.25, -0.2) is 4.79 Å². The highest BCUT2D eigenvalue weighted by Crippen LogP contribution is 2.43. The molecule has 0 unspecified atom stereocenters. The number of rotatable bonds is 9. The number of nitrogens with one attached hydrogen (secondary N) is 1. The van der Waals surface area contributed by atoms with Crippen molar-refractivity contribution in [2.45, 2.75) is 97.1 Å². The topological polar surface area (TPSA) is 144 Å². The lowest BCUT2D eigenvalue weighted by molar-refractivity contribution is -0.133. The van der Waals surface area contributed by atoms with Crippen molar-refractivity contribution in [3.63, 3.8) is 0 Å². The van der Waals surface area contributed by atoms with E-state index in [2.05, 4.69) is 5.32 Å². The van der Waals surface area contributed by atoms with Gasteiger partial charge in [-0.15, -0.1) is 0 Å². The molecule has 2 aliphatic heterocycles. The fourth-order valence-electron chi connectivity index (χ4n) is 5.71. The molecule has 1 aromatic rings. The SMILES string of the molecule is COCCCN1C(=O)C(C)(C)Oc2ccc(N(C(=O)[C@@H]3C[C@H](C(=O)NC(C)(C)N)CN(C(=O)OC(C)(C)C)C3)C3CC3)cc21. The molecule has 2 atom stereocenters. The van der Waals surface area contributed by atoms with E-state index in [-0.39, 0.29) is 43.3 Å². The van der Waals surface area contributed by atoms with E-state index >= 15 is 0 Å². The van der Waals surface area contributed by atoms with Gasteiger partial charge in [0.1, 0.15) is 11.4 Å². The van der Waals surface area contributed by atoms with Crippen LogP contribution in [0.25, 0.3) is 0 Å². The first-order valence-electron chi connectivity index (χ1n) is 15.5. The summed E-state index contributed by atoms with van der Waals surface area (Å²) >= 11 is 0. The van der Waals surface area contributed by atoms with E-state index in [0.29, 0.717) is 36.7 Å². The molecular formula is C32H49N5O7. The third-order valence-corrected chi connectivity index (χ3v) is 7.78. The van der Waals surface area contributed by atoms with Gasteiger partial charge in [0.15, 0.2) is 5.60 Å². The molecule has 44 heavy (non-hydrogen) atoms. The highest BCUT2D eigenvalue weighted by atomic mass is 16.6. The summed E-state index contributed by atoms with van der Waals surface area (Å²) in [6.07, 6.45) is 1.98. The third kappa shape index (κ3) is 8.01. The number of methoxy groups -OCH3 is 1. The van der Waals surface area contributed by atoms with Crippen molar-refractivity contribution in [2.75, 3.05) is 43.2 Å². The number of nitrogens with zero attached hydrogens (tertiary/aromatic N) is 3.